The van der Waals surface area contributed by atoms with Gasteiger partial charge in [-0.15, -0.1) is 10.2 Å². The second-order valence-corrected chi connectivity index (χ2v) is 7.51. The van der Waals surface area contributed by atoms with Crippen LogP contribution in [0.15, 0.2) is 12.7 Å². The molecule has 1 atom stereocenters. The molecular weight excluding hydrogens is 318 g/mol. The van der Waals surface area contributed by atoms with E-state index >= 15 is 0 Å². The van der Waals surface area contributed by atoms with Crippen LogP contribution in [0, 0.1) is 5.92 Å². The van der Waals surface area contributed by atoms with E-state index < -0.39 is 0 Å². The molecule has 3 heterocycles. The van der Waals surface area contributed by atoms with Gasteiger partial charge in [0.15, 0.2) is 5.82 Å². The van der Waals surface area contributed by atoms with E-state index in [-0.39, 0.29) is 11.9 Å². The number of fused-ring (bicyclic) bond motifs is 1. The standard InChI is InChI=1S/C17H25N7O/c1-12(2)9-14-17-20-16(13-3-4-13)21-24(17)8-7-23(14)15(25)5-6-22-10-18-19-11-22/h10-14H,3-9H2,1-2H3/t14-/m0/s1. The Balaban J connectivity index is 1.52. The normalized spacial score (nSPS) is 20.1. The molecule has 1 fully saturated rings. The first-order valence-corrected chi connectivity index (χ1v) is 9.18. The summed E-state index contributed by atoms with van der Waals surface area (Å²) in [5.74, 6) is 3.14. The molecular formula is C17H25N7O. The molecule has 1 aliphatic heterocycles. The average Bonchev–Trinajstić information content (AvgIpc) is 3.13. The van der Waals surface area contributed by atoms with Gasteiger partial charge in [0.1, 0.15) is 18.5 Å². The van der Waals surface area contributed by atoms with Gasteiger partial charge in [0, 0.05) is 25.4 Å². The van der Waals surface area contributed by atoms with Gasteiger partial charge in [-0.1, -0.05) is 13.8 Å². The third-order valence-corrected chi connectivity index (χ3v) is 4.95. The monoisotopic (exact) mass is 343 g/mol. The van der Waals surface area contributed by atoms with Gasteiger partial charge < -0.3 is 9.47 Å². The molecule has 1 amide bonds. The molecule has 1 aliphatic carbocycles. The van der Waals surface area contributed by atoms with Crippen molar-refractivity contribution >= 4 is 5.91 Å². The maximum Gasteiger partial charge on any atom is 0.225 e. The highest BCUT2D eigenvalue weighted by molar-refractivity contribution is 5.76. The number of aromatic nitrogens is 6. The van der Waals surface area contributed by atoms with E-state index in [4.69, 9.17) is 10.1 Å². The second kappa shape index (κ2) is 6.57. The fourth-order valence-corrected chi connectivity index (χ4v) is 3.48. The van der Waals surface area contributed by atoms with Crippen molar-refractivity contribution < 1.29 is 4.79 Å². The van der Waals surface area contributed by atoms with Gasteiger partial charge in [-0.25, -0.2) is 9.67 Å². The number of hydrogen-bond acceptors (Lipinski definition) is 5. The van der Waals surface area contributed by atoms with Crippen molar-refractivity contribution in [3.63, 3.8) is 0 Å². The minimum absolute atomic E-state index is 0.0298. The van der Waals surface area contributed by atoms with Crippen LogP contribution in [0.5, 0.6) is 0 Å². The Kier molecular flexibility index (Phi) is 4.27. The van der Waals surface area contributed by atoms with Crippen molar-refractivity contribution in [3.05, 3.63) is 24.3 Å². The molecule has 8 heteroatoms. The SMILES string of the molecule is CC(C)C[C@H]1c2nc(C3CC3)nn2CCN1C(=O)CCn1cnnc1. The predicted molar refractivity (Wildman–Crippen MR) is 90.5 cm³/mol. The van der Waals surface area contributed by atoms with Crippen LogP contribution >= 0.6 is 0 Å². The lowest BCUT2D eigenvalue weighted by atomic mass is 10.00. The van der Waals surface area contributed by atoms with Gasteiger partial charge in [0.2, 0.25) is 5.91 Å². The van der Waals surface area contributed by atoms with Crippen molar-refractivity contribution in [2.45, 2.75) is 64.6 Å². The maximum atomic E-state index is 12.9. The van der Waals surface area contributed by atoms with Crippen LogP contribution in [0.2, 0.25) is 0 Å². The summed E-state index contributed by atoms with van der Waals surface area (Å²) in [6.07, 6.45) is 7.05. The largest absolute Gasteiger partial charge is 0.331 e. The third kappa shape index (κ3) is 3.43. The van der Waals surface area contributed by atoms with Crippen LogP contribution in [0.1, 0.15) is 63.1 Å². The van der Waals surface area contributed by atoms with Crippen LogP contribution < -0.4 is 0 Å². The Morgan fingerprint density at radius 2 is 2.00 bits per heavy atom. The van der Waals surface area contributed by atoms with Gasteiger partial charge in [0.05, 0.1) is 12.6 Å². The van der Waals surface area contributed by atoms with E-state index in [9.17, 15) is 4.79 Å². The van der Waals surface area contributed by atoms with Crippen LogP contribution in [0.4, 0.5) is 0 Å². The summed E-state index contributed by atoms with van der Waals surface area (Å²) >= 11 is 0. The molecule has 2 aromatic heterocycles. The summed E-state index contributed by atoms with van der Waals surface area (Å²) < 4.78 is 3.87. The van der Waals surface area contributed by atoms with E-state index in [0.717, 1.165) is 24.6 Å². The lowest BCUT2D eigenvalue weighted by Gasteiger charge is -2.36. The Bertz CT molecular complexity index is 732. The quantitative estimate of drug-likeness (QED) is 0.798. The van der Waals surface area contributed by atoms with E-state index in [1.165, 1.54) is 12.8 Å². The fraction of sp³-hybridized carbons (Fsp3) is 0.706. The van der Waals surface area contributed by atoms with E-state index in [1.54, 1.807) is 12.7 Å². The Morgan fingerprint density at radius 1 is 1.24 bits per heavy atom. The summed E-state index contributed by atoms with van der Waals surface area (Å²) in [6, 6.07) is 0.0298. The third-order valence-electron chi connectivity index (χ3n) is 4.95. The summed E-state index contributed by atoms with van der Waals surface area (Å²) in [5.41, 5.74) is 0. The molecule has 2 aromatic rings. The maximum absolute atomic E-state index is 12.9. The molecule has 25 heavy (non-hydrogen) atoms. The minimum atomic E-state index is 0.0298. The van der Waals surface area contributed by atoms with Crippen molar-refractivity contribution in [1.29, 1.82) is 0 Å². The van der Waals surface area contributed by atoms with Crippen molar-refractivity contribution in [2.75, 3.05) is 6.54 Å². The van der Waals surface area contributed by atoms with Crippen LogP contribution in [0.25, 0.3) is 0 Å². The van der Waals surface area contributed by atoms with Gasteiger partial charge in [-0.2, -0.15) is 5.10 Å². The highest BCUT2D eigenvalue weighted by atomic mass is 16.2. The zero-order chi connectivity index (χ0) is 17.4. The summed E-state index contributed by atoms with van der Waals surface area (Å²) in [5, 5.41) is 12.3. The topological polar surface area (TPSA) is 81.7 Å². The number of rotatable bonds is 6. The molecule has 0 radical (unpaired) electrons. The number of carbonyl (C=O) groups is 1. The summed E-state index contributed by atoms with van der Waals surface area (Å²) in [7, 11) is 0. The minimum Gasteiger partial charge on any atom is -0.331 e. The van der Waals surface area contributed by atoms with Crippen molar-refractivity contribution in [3.8, 4) is 0 Å². The summed E-state index contributed by atoms with van der Waals surface area (Å²) in [4.78, 5) is 19.7. The summed E-state index contributed by atoms with van der Waals surface area (Å²) in [6.45, 7) is 6.44. The van der Waals surface area contributed by atoms with E-state index in [1.807, 2.05) is 14.1 Å². The first-order valence-electron chi connectivity index (χ1n) is 9.18. The number of carbonyl (C=O) groups excluding carboxylic acids is 1. The zero-order valence-electron chi connectivity index (χ0n) is 14.9. The smallest absolute Gasteiger partial charge is 0.225 e. The molecule has 0 unspecified atom stereocenters. The lowest BCUT2D eigenvalue weighted by Crippen LogP contribution is -2.43. The number of hydrogen-bond donors (Lipinski definition) is 0. The van der Waals surface area contributed by atoms with E-state index in [2.05, 4.69) is 24.0 Å². The van der Waals surface area contributed by atoms with Crippen molar-refractivity contribution in [2.24, 2.45) is 5.92 Å². The zero-order valence-corrected chi connectivity index (χ0v) is 14.9. The molecule has 0 saturated heterocycles. The number of aryl methyl sites for hydroxylation is 1. The first-order chi connectivity index (χ1) is 12.1. The highest BCUT2D eigenvalue weighted by Gasteiger charge is 2.36. The second-order valence-electron chi connectivity index (χ2n) is 7.51. The molecule has 0 aromatic carbocycles. The first kappa shape index (κ1) is 16.2. The molecule has 134 valence electrons. The fourth-order valence-electron chi connectivity index (χ4n) is 3.48. The molecule has 8 nitrogen and oxygen atoms in total. The predicted octanol–water partition coefficient (Wildman–Crippen LogP) is 1.77. The van der Waals surface area contributed by atoms with Gasteiger partial charge in [-0.3, -0.25) is 4.79 Å². The van der Waals surface area contributed by atoms with Crippen molar-refractivity contribution in [1.82, 2.24) is 34.4 Å². The number of nitrogens with zero attached hydrogens (tertiary/aromatic N) is 7. The Hall–Kier alpha value is -2.25. The van der Waals surface area contributed by atoms with Gasteiger partial charge in [0.25, 0.3) is 0 Å². The van der Waals surface area contributed by atoms with Crippen LogP contribution in [-0.4, -0.2) is 46.9 Å². The Labute approximate surface area is 147 Å². The molecule has 1 saturated carbocycles. The molecule has 2 aliphatic rings. The highest BCUT2D eigenvalue weighted by Crippen LogP contribution is 2.40. The Morgan fingerprint density at radius 3 is 2.68 bits per heavy atom. The van der Waals surface area contributed by atoms with Crippen LogP contribution in [0.3, 0.4) is 0 Å². The average molecular weight is 343 g/mol. The molecule has 4 rings (SSSR count). The van der Waals surface area contributed by atoms with Gasteiger partial charge >= 0.3 is 0 Å². The van der Waals surface area contributed by atoms with E-state index in [0.29, 0.717) is 31.3 Å². The molecule has 0 bridgehead atoms. The number of amides is 1. The van der Waals surface area contributed by atoms with Gasteiger partial charge in [-0.05, 0) is 25.2 Å². The van der Waals surface area contributed by atoms with Crippen LogP contribution in [-0.2, 0) is 17.9 Å². The molecule has 0 N–H and O–H groups in total. The lowest BCUT2D eigenvalue weighted by molar-refractivity contribution is -0.135. The molecule has 0 spiro atoms.